The Balaban J connectivity index is 2.86. The zero-order valence-electron chi connectivity index (χ0n) is 6.81. The van der Waals surface area contributed by atoms with E-state index < -0.39 is 7.82 Å². The highest BCUT2D eigenvalue weighted by Gasteiger charge is 2.21. The maximum absolute atomic E-state index is 11.0. The highest BCUT2D eigenvalue weighted by atomic mass is 35.5. The molecule has 0 amide bonds. The molecule has 13 heavy (non-hydrogen) atoms. The van der Waals surface area contributed by atoms with Gasteiger partial charge in [-0.25, -0.2) is 4.57 Å². The fraction of sp³-hybridized carbons (Fsp3) is 0.143. The van der Waals surface area contributed by atoms with Crippen molar-refractivity contribution in [2.24, 2.45) is 0 Å². The van der Waals surface area contributed by atoms with Gasteiger partial charge in [-0.3, -0.25) is 9.42 Å². The molecular formula is C7H8ClO4P. The van der Waals surface area contributed by atoms with E-state index in [4.69, 9.17) is 16.5 Å². The van der Waals surface area contributed by atoms with Gasteiger partial charge in [-0.2, -0.15) is 0 Å². The molecule has 0 saturated carbocycles. The van der Waals surface area contributed by atoms with Crippen LogP contribution in [0.25, 0.3) is 0 Å². The minimum atomic E-state index is -4.01. The van der Waals surface area contributed by atoms with Crippen molar-refractivity contribution >= 4 is 19.4 Å². The lowest BCUT2D eigenvalue weighted by Gasteiger charge is -2.10. The molecule has 0 aliphatic heterocycles. The van der Waals surface area contributed by atoms with Crippen LogP contribution in [0.1, 0.15) is 0 Å². The predicted molar refractivity (Wildman–Crippen MR) is 48.9 cm³/mol. The SMILES string of the molecule is COP(=O)(O)Oc1ccccc1Cl. The predicted octanol–water partition coefficient (Wildman–Crippen LogP) is 2.47. The molecule has 0 fully saturated rings. The Morgan fingerprint density at radius 1 is 1.46 bits per heavy atom. The minimum Gasteiger partial charge on any atom is -0.403 e. The van der Waals surface area contributed by atoms with Crippen LogP contribution in [0.5, 0.6) is 5.75 Å². The van der Waals surface area contributed by atoms with Crippen LogP contribution in [0.2, 0.25) is 5.02 Å². The van der Waals surface area contributed by atoms with Crippen LogP contribution in [0.4, 0.5) is 0 Å². The van der Waals surface area contributed by atoms with Crippen LogP contribution in [0, 0.1) is 0 Å². The summed E-state index contributed by atoms with van der Waals surface area (Å²) in [7, 11) is -2.93. The summed E-state index contributed by atoms with van der Waals surface area (Å²) in [6.45, 7) is 0. The standard InChI is InChI=1S/C7H8ClO4P/c1-11-13(9,10)12-7-5-3-2-4-6(7)8/h2-5H,1H3,(H,9,10). The van der Waals surface area contributed by atoms with Gasteiger partial charge in [0.05, 0.1) is 5.02 Å². The second-order valence-electron chi connectivity index (χ2n) is 2.17. The van der Waals surface area contributed by atoms with E-state index in [1.807, 2.05) is 0 Å². The first kappa shape index (κ1) is 10.5. The van der Waals surface area contributed by atoms with Gasteiger partial charge in [-0.05, 0) is 12.1 Å². The highest BCUT2D eigenvalue weighted by Crippen LogP contribution is 2.44. The number of phosphoric acid groups is 1. The zero-order chi connectivity index (χ0) is 9.90. The van der Waals surface area contributed by atoms with E-state index in [1.165, 1.54) is 6.07 Å². The number of para-hydroxylation sites is 1. The maximum atomic E-state index is 11.0. The summed E-state index contributed by atoms with van der Waals surface area (Å²) < 4.78 is 19.8. The van der Waals surface area contributed by atoms with Crippen molar-refractivity contribution in [2.75, 3.05) is 7.11 Å². The van der Waals surface area contributed by atoms with E-state index in [1.54, 1.807) is 18.2 Å². The molecule has 0 heterocycles. The molecule has 0 aliphatic carbocycles. The summed E-state index contributed by atoms with van der Waals surface area (Å²) in [5.41, 5.74) is 0. The minimum absolute atomic E-state index is 0.122. The summed E-state index contributed by atoms with van der Waals surface area (Å²) in [6, 6.07) is 6.35. The first-order valence-corrected chi connectivity index (χ1v) is 5.25. The monoisotopic (exact) mass is 222 g/mol. The van der Waals surface area contributed by atoms with Crippen LogP contribution in [-0.2, 0) is 9.09 Å². The Morgan fingerprint density at radius 3 is 2.62 bits per heavy atom. The Labute approximate surface area is 80.7 Å². The number of phosphoric ester groups is 1. The number of halogens is 1. The third-order valence-electron chi connectivity index (χ3n) is 1.28. The normalized spacial score (nSPS) is 15.0. The summed E-state index contributed by atoms with van der Waals surface area (Å²) in [4.78, 5) is 8.95. The smallest absolute Gasteiger partial charge is 0.403 e. The van der Waals surface area contributed by atoms with Crippen molar-refractivity contribution in [3.8, 4) is 5.75 Å². The van der Waals surface area contributed by atoms with E-state index in [-0.39, 0.29) is 10.8 Å². The Hall–Kier alpha value is -0.540. The molecule has 1 unspecified atom stereocenters. The summed E-state index contributed by atoms with van der Waals surface area (Å²) in [5, 5.41) is 0.258. The first-order valence-electron chi connectivity index (χ1n) is 3.38. The van der Waals surface area contributed by atoms with Crippen molar-refractivity contribution < 1.29 is 18.5 Å². The average molecular weight is 223 g/mol. The Bertz CT molecular complexity index is 341. The number of rotatable bonds is 3. The van der Waals surface area contributed by atoms with Gasteiger partial charge in [0, 0.05) is 7.11 Å². The second-order valence-corrected chi connectivity index (χ2v) is 4.06. The first-order chi connectivity index (χ1) is 6.05. The van der Waals surface area contributed by atoms with Crippen LogP contribution < -0.4 is 4.52 Å². The summed E-state index contributed by atoms with van der Waals surface area (Å²) in [6.07, 6.45) is 0. The Kier molecular flexibility index (Phi) is 3.33. The molecule has 72 valence electrons. The lowest BCUT2D eigenvalue weighted by Crippen LogP contribution is -1.93. The molecule has 0 aromatic heterocycles. The lowest BCUT2D eigenvalue weighted by molar-refractivity contribution is 0.243. The topological polar surface area (TPSA) is 55.8 Å². The van der Waals surface area contributed by atoms with E-state index in [2.05, 4.69) is 9.05 Å². The van der Waals surface area contributed by atoms with Crippen LogP contribution >= 0.6 is 19.4 Å². The Morgan fingerprint density at radius 2 is 2.08 bits per heavy atom. The molecule has 4 nitrogen and oxygen atoms in total. The average Bonchev–Trinajstić information content (AvgIpc) is 2.09. The van der Waals surface area contributed by atoms with Gasteiger partial charge in [0.15, 0.2) is 0 Å². The molecule has 1 atom stereocenters. The van der Waals surface area contributed by atoms with Gasteiger partial charge in [0.1, 0.15) is 5.75 Å². The highest BCUT2D eigenvalue weighted by molar-refractivity contribution is 7.47. The van der Waals surface area contributed by atoms with Crippen LogP contribution in [-0.4, -0.2) is 12.0 Å². The van der Waals surface area contributed by atoms with Crippen LogP contribution in [0.3, 0.4) is 0 Å². The molecule has 0 aliphatic rings. The number of hydrogen-bond donors (Lipinski definition) is 1. The molecule has 1 rings (SSSR count). The van der Waals surface area contributed by atoms with Crippen molar-refractivity contribution in [2.45, 2.75) is 0 Å². The molecule has 0 bridgehead atoms. The summed E-state index contributed by atoms with van der Waals surface area (Å²) >= 11 is 5.67. The van der Waals surface area contributed by atoms with Crippen molar-refractivity contribution in [3.63, 3.8) is 0 Å². The molecule has 1 N–H and O–H groups in total. The number of hydrogen-bond acceptors (Lipinski definition) is 3. The van der Waals surface area contributed by atoms with E-state index >= 15 is 0 Å². The van der Waals surface area contributed by atoms with Crippen LogP contribution in [0.15, 0.2) is 24.3 Å². The van der Waals surface area contributed by atoms with E-state index in [9.17, 15) is 4.57 Å². The zero-order valence-corrected chi connectivity index (χ0v) is 8.46. The van der Waals surface area contributed by atoms with Gasteiger partial charge in [0.25, 0.3) is 0 Å². The molecule has 1 aromatic carbocycles. The van der Waals surface area contributed by atoms with E-state index in [0.717, 1.165) is 7.11 Å². The lowest BCUT2D eigenvalue weighted by atomic mass is 10.3. The summed E-state index contributed by atoms with van der Waals surface area (Å²) in [5.74, 6) is 0.122. The van der Waals surface area contributed by atoms with Crippen molar-refractivity contribution in [3.05, 3.63) is 29.3 Å². The third kappa shape index (κ3) is 3.01. The molecular weight excluding hydrogens is 214 g/mol. The fourth-order valence-electron chi connectivity index (χ4n) is 0.680. The molecule has 1 aromatic rings. The van der Waals surface area contributed by atoms with Gasteiger partial charge in [0.2, 0.25) is 0 Å². The van der Waals surface area contributed by atoms with Gasteiger partial charge in [-0.1, -0.05) is 23.7 Å². The largest absolute Gasteiger partial charge is 0.527 e. The second kappa shape index (κ2) is 4.11. The third-order valence-corrected chi connectivity index (χ3v) is 2.48. The molecule has 0 spiro atoms. The fourth-order valence-corrected chi connectivity index (χ4v) is 1.39. The molecule has 6 heteroatoms. The van der Waals surface area contributed by atoms with Gasteiger partial charge in [-0.15, -0.1) is 0 Å². The van der Waals surface area contributed by atoms with E-state index in [0.29, 0.717) is 0 Å². The van der Waals surface area contributed by atoms with Crippen molar-refractivity contribution in [1.82, 2.24) is 0 Å². The molecule has 0 radical (unpaired) electrons. The quantitative estimate of drug-likeness (QED) is 0.799. The van der Waals surface area contributed by atoms with Gasteiger partial charge < -0.3 is 4.52 Å². The molecule has 0 saturated heterocycles. The maximum Gasteiger partial charge on any atom is 0.527 e. The van der Waals surface area contributed by atoms with Gasteiger partial charge >= 0.3 is 7.82 Å². The number of benzene rings is 1. The van der Waals surface area contributed by atoms with Crippen molar-refractivity contribution in [1.29, 1.82) is 0 Å².